The van der Waals surface area contributed by atoms with Gasteiger partial charge in [-0.25, -0.2) is 4.79 Å². The fraction of sp³-hybridized carbons (Fsp3) is 0.526. The number of halogens is 1. The summed E-state index contributed by atoms with van der Waals surface area (Å²) in [5.74, 6) is -0.246. The lowest BCUT2D eigenvalue weighted by Crippen LogP contribution is -2.48. The fourth-order valence-corrected chi connectivity index (χ4v) is 4.31. The second-order valence-electron chi connectivity index (χ2n) is 7.52. The lowest BCUT2D eigenvalue weighted by molar-refractivity contribution is -0.125. The molecule has 4 amide bonds. The Morgan fingerprint density at radius 3 is 2.56 bits per heavy atom. The van der Waals surface area contributed by atoms with Crippen molar-refractivity contribution in [1.29, 1.82) is 0 Å². The highest BCUT2D eigenvalue weighted by Crippen LogP contribution is 2.30. The van der Waals surface area contributed by atoms with Gasteiger partial charge in [0.1, 0.15) is 0 Å². The summed E-state index contributed by atoms with van der Waals surface area (Å²) in [6.07, 6.45) is 4.40. The van der Waals surface area contributed by atoms with Crippen molar-refractivity contribution in [3.63, 3.8) is 0 Å². The third-order valence-corrected chi connectivity index (χ3v) is 5.77. The van der Waals surface area contributed by atoms with Crippen molar-refractivity contribution in [2.24, 2.45) is 0 Å². The molecule has 0 aromatic heterocycles. The summed E-state index contributed by atoms with van der Waals surface area (Å²) in [5, 5.41) is 6.11. The summed E-state index contributed by atoms with van der Waals surface area (Å²) in [5.41, 5.74) is 1.38. The van der Waals surface area contributed by atoms with E-state index in [9.17, 15) is 14.4 Å². The lowest BCUT2D eigenvalue weighted by Gasteiger charge is -2.35. The van der Waals surface area contributed by atoms with Crippen LogP contribution in [0.5, 0.6) is 0 Å². The number of benzene rings is 1. The number of imide groups is 1. The average Bonchev–Trinajstić information content (AvgIpc) is 3.15. The van der Waals surface area contributed by atoms with E-state index in [-0.39, 0.29) is 49.4 Å². The summed E-state index contributed by atoms with van der Waals surface area (Å²) in [6, 6.07) is 8.16. The van der Waals surface area contributed by atoms with Crippen LogP contribution in [0.3, 0.4) is 0 Å². The molecule has 2 N–H and O–H groups in total. The minimum absolute atomic E-state index is 0. The molecule has 1 aromatic rings. The number of urea groups is 1. The number of hydrogen-bond acceptors (Lipinski definition) is 4. The van der Waals surface area contributed by atoms with Crippen molar-refractivity contribution < 1.29 is 14.4 Å². The van der Waals surface area contributed by atoms with Crippen LogP contribution in [-0.4, -0.2) is 59.4 Å². The second-order valence-corrected chi connectivity index (χ2v) is 7.52. The van der Waals surface area contributed by atoms with E-state index in [1.807, 2.05) is 18.0 Å². The minimum atomic E-state index is -0.381. The number of rotatable bonds is 4. The molecule has 146 valence electrons. The smallest absolute Gasteiger partial charge is 0.324 e. The summed E-state index contributed by atoms with van der Waals surface area (Å²) < 4.78 is 0. The molecule has 1 aromatic carbocycles. The Morgan fingerprint density at radius 2 is 1.93 bits per heavy atom. The Labute approximate surface area is 164 Å². The van der Waals surface area contributed by atoms with E-state index in [2.05, 4.69) is 10.6 Å². The van der Waals surface area contributed by atoms with Crippen LogP contribution in [0.25, 0.3) is 0 Å². The van der Waals surface area contributed by atoms with E-state index in [0.717, 1.165) is 18.4 Å². The predicted molar refractivity (Wildman–Crippen MR) is 103 cm³/mol. The average molecular weight is 393 g/mol. The quantitative estimate of drug-likeness (QED) is 0.761. The summed E-state index contributed by atoms with van der Waals surface area (Å²) in [6.45, 7) is 0.227. The van der Waals surface area contributed by atoms with Gasteiger partial charge in [-0.2, -0.15) is 0 Å². The molecule has 2 bridgehead atoms. The molecule has 0 spiro atoms. The molecule has 8 heteroatoms. The van der Waals surface area contributed by atoms with Crippen molar-refractivity contribution >= 4 is 30.3 Å². The first-order valence-corrected chi connectivity index (χ1v) is 9.21. The molecular formula is C19H25ClN4O3. The third kappa shape index (κ3) is 3.94. The fourth-order valence-electron chi connectivity index (χ4n) is 4.31. The summed E-state index contributed by atoms with van der Waals surface area (Å²) in [4.78, 5) is 39.4. The van der Waals surface area contributed by atoms with Crippen LogP contribution in [0.4, 0.5) is 4.79 Å². The maximum atomic E-state index is 12.9. The van der Waals surface area contributed by atoms with E-state index in [1.165, 1.54) is 17.7 Å². The van der Waals surface area contributed by atoms with Crippen LogP contribution in [0.15, 0.2) is 24.3 Å². The van der Waals surface area contributed by atoms with Crippen molar-refractivity contribution in [3.8, 4) is 0 Å². The van der Waals surface area contributed by atoms with Gasteiger partial charge in [0.25, 0.3) is 5.91 Å². The topological polar surface area (TPSA) is 81.8 Å². The molecule has 3 aliphatic rings. The molecule has 3 saturated heterocycles. The van der Waals surface area contributed by atoms with Crippen molar-refractivity contribution in [2.45, 2.75) is 50.4 Å². The highest BCUT2D eigenvalue weighted by Gasteiger charge is 2.36. The van der Waals surface area contributed by atoms with Gasteiger partial charge in [0.15, 0.2) is 0 Å². The molecule has 0 radical (unpaired) electrons. The number of amides is 4. The zero-order chi connectivity index (χ0) is 18.3. The van der Waals surface area contributed by atoms with Crippen molar-refractivity contribution in [3.05, 3.63) is 35.4 Å². The Morgan fingerprint density at radius 1 is 1.22 bits per heavy atom. The first kappa shape index (κ1) is 19.6. The number of carbonyl (C=O) groups is 3. The zero-order valence-corrected chi connectivity index (χ0v) is 16.1. The molecule has 4 rings (SSSR count). The first-order chi connectivity index (χ1) is 12.5. The van der Waals surface area contributed by atoms with Gasteiger partial charge in [0.2, 0.25) is 5.91 Å². The molecular weight excluding hydrogens is 368 g/mol. The molecule has 27 heavy (non-hydrogen) atoms. The number of piperidine rings is 1. The SMILES string of the molecule is CN(C(=O)c1cccc(CN2C(=O)CNC2=O)c1)C1CC2CCC(C1)N2.Cl. The normalized spacial score (nSPS) is 26.6. The van der Waals surface area contributed by atoms with E-state index in [4.69, 9.17) is 0 Å². The van der Waals surface area contributed by atoms with Gasteiger partial charge in [-0.05, 0) is 43.4 Å². The predicted octanol–water partition coefficient (Wildman–Crippen LogP) is 1.52. The standard InChI is InChI=1S/C19H24N4O3.ClH/c1-22(16-8-14-5-6-15(9-16)21-14)18(25)13-4-2-3-12(7-13)11-23-17(24)10-20-19(23)26;/h2-4,7,14-16,21H,5-6,8-11H2,1H3,(H,20,26);1H. The first-order valence-electron chi connectivity index (χ1n) is 9.21. The lowest BCUT2D eigenvalue weighted by atomic mass is 9.97. The van der Waals surface area contributed by atoms with E-state index >= 15 is 0 Å². The molecule has 3 aliphatic heterocycles. The van der Waals surface area contributed by atoms with E-state index < -0.39 is 0 Å². The monoisotopic (exact) mass is 392 g/mol. The van der Waals surface area contributed by atoms with Gasteiger partial charge in [0, 0.05) is 30.7 Å². The van der Waals surface area contributed by atoms with Gasteiger partial charge >= 0.3 is 6.03 Å². The second kappa shape index (κ2) is 7.86. The molecule has 7 nitrogen and oxygen atoms in total. The largest absolute Gasteiger partial charge is 0.339 e. The Kier molecular flexibility index (Phi) is 5.72. The molecule has 0 aliphatic carbocycles. The molecule has 2 atom stereocenters. The maximum absolute atomic E-state index is 12.9. The van der Waals surface area contributed by atoms with Crippen molar-refractivity contribution in [1.82, 2.24) is 20.4 Å². The van der Waals surface area contributed by atoms with E-state index in [1.54, 1.807) is 18.2 Å². The highest BCUT2D eigenvalue weighted by molar-refractivity contribution is 6.02. The van der Waals surface area contributed by atoms with Gasteiger partial charge in [0.05, 0.1) is 13.1 Å². The van der Waals surface area contributed by atoms with Gasteiger partial charge in [-0.1, -0.05) is 12.1 Å². The van der Waals surface area contributed by atoms with Crippen LogP contribution < -0.4 is 10.6 Å². The van der Waals surface area contributed by atoms with Crippen LogP contribution >= 0.6 is 12.4 Å². The number of hydrogen-bond donors (Lipinski definition) is 2. The Hall–Kier alpha value is -2.12. The highest BCUT2D eigenvalue weighted by atomic mass is 35.5. The number of carbonyl (C=O) groups excluding carboxylic acids is 3. The Balaban J connectivity index is 0.00000210. The number of fused-ring (bicyclic) bond motifs is 2. The van der Waals surface area contributed by atoms with Crippen molar-refractivity contribution in [2.75, 3.05) is 13.6 Å². The molecule has 3 fully saturated rings. The number of nitrogens with one attached hydrogen (secondary N) is 2. The summed E-state index contributed by atoms with van der Waals surface area (Å²) in [7, 11) is 1.88. The number of nitrogens with zero attached hydrogens (tertiary/aromatic N) is 2. The maximum Gasteiger partial charge on any atom is 0.324 e. The summed E-state index contributed by atoms with van der Waals surface area (Å²) >= 11 is 0. The molecule has 2 unspecified atom stereocenters. The Bertz CT molecular complexity index is 728. The third-order valence-electron chi connectivity index (χ3n) is 5.77. The zero-order valence-electron chi connectivity index (χ0n) is 15.3. The van der Waals surface area contributed by atoms with Gasteiger partial charge in [-0.15, -0.1) is 12.4 Å². The van der Waals surface area contributed by atoms with E-state index in [0.29, 0.717) is 17.6 Å². The van der Waals surface area contributed by atoms with Crippen LogP contribution in [-0.2, 0) is 11.3 Å². The molecule has 3 heterocycles. The minimum Gasteiger partial charge on any atom is -0.339 e. The van der Waals surface area contributed by atoms with Gasteiger partial charge in [-0.3, -0.25) is 14.5 Å². The van der Waals surface area contributed by atoms with Gasteiger partial charge < -0.3 is 15.5 Å². The molecule has 0 saturated carbocycles. The van der Waals surface area contributed by atoms with Crippen LogP contribution in [0.2, 0.25) is 0 Å². The van der Waals surface area contributed by atoms with Crippen LogP contribution in [0.1, 0.15) is 41.6 Å². The van der Waals surface area contributed by atoms with Crippen LogP contribution in [0, 0.1) is 0 Å².